The number of halogens is 5. The average molecular weight is 198 g/mol. The first-order chi connectivity index (χ1) is 4.74. The molecule has 1 rings (SSSR count). The van der Waals surface area contributed by atoms with Gasteiger partial charge in [0.2, 0.25) is 0 Å². The van der Waals surface area contributed by atoms with Crippen molar-refractivity contribution in [2.24, 2.45) is 0 Å². The molecule has 1 heterocycles. The minimum absolute atomic E-state index is 1.00. The normalized spacial score (nSPS) is 21.4. The van der Waals surface area contributed by atoms with Crippen molar-refractivity contribution in [2.45, 2.75) is 12.8 Å². The second-order valence-corrected chi connectivity index (χ2v) is 3.24. The van der Waals surface area contributed by atoms with E-state index in [4.69, 9.17) is 4.74 Å². The van der Waals surface area contributed by atoms with Gasteiger partial charge >= 0.3 is 29.1 Å². The molecular weight excluding hydrogens is 190 g/mol. The van der Waals surface area contributed by atoms with Crippen molar-refractivity contribution >= 4 is 8.16 Å². The molecule has 1 saturated heterocycles. The van der Waals surface area contributed by atoms with Gasteiger partial charge in [-0.3, -0.25) is 0 Å². The first-order valence-corrected chi connectivity index (χ1v) is 4.61. The van der Waals surface area contributed by atoms with Gasteiger partial charge in [-0.25, -0.2) is 0 Å². The summed E-state index contributed by atoms with van der Waals surface area (Å²) >= 11 is 0. The van der Waals surface area contributed by atoms with Gasteiger partial charge in [-0.2, -0.15) is 0 Å². The molecule has 0 aromatic heterocycles. The fourth-order valence-electron chi connectivity index (χ4n) is 0.510. The molecule has 70 valence electrons. The van der Waals surface area contributed by atoms with Gasteiger partial charge in [-0.15, -0.1) is 0 Å². The quantitative estimate of drug-likeness (QED) is 0.425. The summed E-state index contributed by atoms with van der Waals surface area (Å²) in [5.41, 5.74) is 0. The molecule has 11 heavy (non-hydrogen) atoms. The molecule has 0 spiro atoms. The molecule has 0 amide bonds. The molecule has 0 bridgehead atoms. The Kier molecular flexibility index (Phi) is 3.64. The van der Waals surface area contributed by atoms with Gasteiger partial charge in [0.05, 0.1) is 0 Å². The van der Waals surface area contributed by atoms with Gasteiger partial charge in [-0.05, 0) is 12.8 Å². The maximum absolute atomic E-state index is 9.84. The second kappa shape index (κ2) is 3.63. The van der Waals surface area contributed by atoms with E-state index in [0.29, 0.717) is 0 Å². The Bertz CT molecular complexity index is 90.8. The molecule has 7 heteroatoms. The van der Waals surface area contributed by atoms with Crippen LogP contribution in [-0.2, 0) is 4.74 Å². The van der Waals surface area contributed by atoms with Crippen LogP contribution in [0, 0.1) is 0 Å². The van der Waals surface area contributed by atoms with Gasteiger partial charge in [-0.1, -0.05) is 0 Å². The van der Waals surface area contributed by atoms with Crippen LogP contribution >= 0.6 is 8.16 Å². The Hall–Kier alpha value is 0.0400. The van der Waals surface area contributed by atoms with Crippen molar-refractivity contribution in [3.8, 4) is 0 Å². The molecule has 0 atom stereocenters. The molecule has 0 aromatic carbocycles. The fraction of sp³-hybridized carbons (Fsp3) is 1.00. The van der Waals surface area contributed by atoms with E-state index in [-0.39, 0.29) is 0 Å². The summed E-state index contributed by atoms with van der Waals surface area (Å²) in [5.74, 6) is 0. The Morgan fingerprint density at radius 1 is 0.818 bits per heavy atom. The van der Waals surface area contributed by atoms with E-state index in [1.165, 1.54) is 12.8 Å². The van der Waals surface area contributed by atoms with Crippen molar-refractivity contribution in [1.29, 1.82) is 0 Å². The molecule has 0 saturated carbocycles. The summed E-state index contributed by atoms with van der Waals surface area (Å²) in [6, 6.07) is 0. The molecule has 1 fully saturated rings. The Balaban J connectivity index is 0.000000183. The average Bonchev–Trinajstić information content (AvgIpc) is 2.03. The Morgan fingerprint density at radius 3 is 1.18 bits per heavy atom. The van der Waals surface area contributed by atoms with Crippen molar-refractivity contribution in [2.75, 3.05) is 13.2 Å². The van der Waals surface area contributed by atoms with E-state index in [9.17, 15) is 21.0 Å². The van der Waals surface area contributed by atoms with Gasteiger partial charge in [0.25, 0.3) is 0 Å². The molecule has 0 N–H and O–H groups in total. The number of rotatable bonds is 0. The van der Waals surface area contributed by atoms with E-state index >= 15 is 0 Å². The number of hydrogen-bond acceptors (Lipinski definition) is 1. The van der Waals surface area contributed by atoms with E-state index in [2.05, 4.69) is 0 Å². The molecule has 0 aromatic rings. The maximum atomic E-state index is 9.84. The zero-order valence-electron chi connectivity index (χ0n) is 5.57. The third-order valence-corrected chi connectivity index (χ3v) is 0.827. The van der Waals surface area contributed by atoms with Crippen LogP contribution in [0.1, 0.15) is 12.8 Å². The molecule has 0 unspecified atom stereocenters. The zero-order chi connectivity index (χ0) is 8.98. The van der Waals surface area contributed by atoms with Crippen LogP contribution in [-0.4, -0.2) is 13.2 Å². The van der Waals surface area contributed by atoms with Crippen molar-refractivity contribution < 1.29 is 25.7 Å². The van der Waals surface area contributed by atoms with Crippen molar-refractivity contribution in [3.05, 3.63) is 0 Å². The molecule has 0 radical (unpaired) electrons. The predicted octanol–water partition coefficient (Wildman–Crippen LogP) is 3.76. The summed E-state index contributed by atoms with van der Waals surface area (Å²) in [6.45, 7) is 2.00. The van der Waals surface area contributed by atoms with Gasteiger partial charge in [0.1, 0.15) is 0 Å². The first-order valence-electron chi connectivity index (χ1n) is 2.92. The van der Waals surface area contributed by atoms with E-state index < -0.39 is 8.16 Å². The molecule has 1 aliphatic rings. The summed E-state index contributed by atoms with van der Waals surface area (Å²) in [7, 11) is -8.55. The first kappa shape index (κ1) is 11.0. The van der Waals surface area contributed by atoms with Gasteiger partial charge < -0.3 is 4.74 Å². The van der Waals surface area contributed by atoms with Crippen LogP contribution < -0.4 is 0 Å². The molecule has 1 aliphatic heterocycles. The SMILES string of the molecule is C1CCOC1.FP(F)(F)(F)F. The fourth-order valence-corrected chi connectivity index (χ4v) is 0.510. The van der Waals surface area contributed by atoms with Gasteiger partial charge in [0, 0.05) is 13.2 Å². The molecule has 1 nitrogen and oxygen atoms in total. The summed E-state index contributed by atoms with van der Waals surface area (Å²) in [6.07, 6.45) is 2.56. The Labute approximate surface area is 61.1 Å². The van der Waals surface area contributed by atoms with E-state index in [1.807, 2.05) is 0 Å². The van der Waals surface area contributed by atoms with E-state index in [0.717, 1.165) is 13.2 Å². The third kappa shape index (κ3) is 25.5. The summed E-state index contributed by atoms with van der Waals surface area (Å²) in [5, 5.41) is 0. The van der Waals surface area contributed by atoms with Crippen molar-refractivity contribution in [3.63, 3.8) is 0 Å². The Morgan fingerprint density at radius 2 is 1.09 bits per heavy atom. The van der Waals surface area contributed by atoms with E-state index in [1.54, 1.807) is 0 Å². The third-order valence-electron chi connectivity index (χ3n) is 0.827. The molecular formula is C4H8F5OP. The topological polar surface area (TPSA) is 9.23 Å². The van der Waals surface area contributed by atoms with Gasteiger partial charge in [0.15, 0.2) is 0 Å². The van der Waals surface area contributed by atoms with Crippen LogP contribution in [0.15, 0.2) is 0 Å². The van der Waals surface area contributed by atoms with Crippen molar-refractivity contribution in [1.82, 2.24) is 0 Å². The standard InChI is InChI=1S/C4H8O.F5P/c1-2-4-5-3-1;1-6(2,3,4)5/h1-4H2;. The monoisotopic (exact) mass is 198 g/mol. The number of ether oxygens (including phenoxy) is 1. The van der Waals surface area contributed by atoms with Crippen LogP contribution in [0.3, 0.4) is 0 Å². The zero-order valence-corrected chi connectivity index (χ0v) is 6.47. The van der Waals surface area contributed by atoms with Crippen LogP contribution in [0.4, 0.5) is 21.0 Å². The summed E-state index contributed by atoms with van der Waals surface area (Å²) in [4.78, 5) is 0. The van der Waals surface area contributed by atoms with Crippen LogP contribution in [0.5, 0.6) is 0 Å². The minimum atomic E-state index is -8.55. The number of hydrogen-bond donors (Lipinski definition) is 0. The predicted molar refractivity (Wildman–Crippen MR) is 32.5 cm³/mol. The molecule has 0 aliphatic carbocycles. The van der Waals surface area contributed by atoms with Crippen LogP contribution in [0.2, 0.25) is 0 Å². The van der Waals surface area contributed by atoms with Crippen LogP contribution in [0.25, 0.3) is 0 Å². The second-order valence-electron chi connectivity index (χ2n) is 1.96. The summed E-state index contributed by atoms with van der Waals surface area (Å²) < 4.78 is 54.1.